The van der Waals surface area contributed by atoms with Gasteiger partial charge in [-0.1, -0.05) is 0 Å². The van der Waals surface area contributed by atoms with Gasteiger partial charge in [-0.25, -0.2) is 18.6 Å². The highest BCUT2D eigenvalue weighted by atomic mass is 127. The minimum Gasteiger partial charge on any atom is -0.477 e. The minimum absolute atomic E-state index is 0.107. The predicted octanol–water partition coefficient (Wildman–Crippen LogP) is 1.78. The number of pyridine rings is 1. The fourth-order valence-corrected chi connectivity index (χ4v) is 1.87. The van der Waals surface area contributed by atoms with E-state index in [1.54, 1.807) is 22.6 Å². The highest BCUT2D eigenvalue weighted by Crippen LogP contribution is 2.28. The Morgan fingerprint density at radius 3 is 2.67 bits per heavy atom. The third kappa shape index (κ3) is 2.40. The Labute approximate surface area is 97.6 Å². The van der Waals surface area contributed by atoms with Crippen LogP contribution in [0.15, 0.2) is 6.20 Å². The molecule has 82 valence electrons. The lowest BCUT2D eigenvalue weighted by Gasteiger charge is -2.11. The lowest BCUT2D eigenvalue weighted by Crippen LogP contribution is -2.14. The summed E-state index contributed by atoms with van der Waals surface area (Å²) in [4.78, 5) is 14.3. The van der Waals surface area contributed by atoms with Crippen molar-refractivity contribution in [1.29, 1.82) is 0 Å². The third-order valence-corrected chi connectivity index (χ3v) is 2.66. The molecule has 0 fully saturated rings. The standard InChI is InChI=1S/C8H7F2IN2O2/c9-7(10)5-3(1-12)6(8(14)15)13-2-4(5)11/h2,7H,1,12H2,(H,14,15). The van der Waals surface area contributed by atoms with E-state index in [0.29, 0.717) is 0 Å². The Morgan fingerprint density at radius 1 is 1.67 bits per heavy atom. The molecule has 0 amide bonds. The lowest BCUT2D eigenvalue weighted by atomic mass is 10.1. The van der Waals surface area contributed by atoms with Gasteiger partial charge in [0.25, 0.3) is 6.43 Å². The Kier molecular flexibility index (Phi) is 3.91. The number of carbonyl (C=O) groups is 1. The lowest BCUT2D eigenvalue weighted by molar-refractivity contribution is 0.0688. The Balaban J connectivity index is 3.47. The molecule has 0 atom stereocenters. The zero-order valence-corrected chi connectivity index (χ0v) is 9.53. The van der Waals surface area contributed by atoms with Crippen molar-refractivity contribution in [2.75, 3.05) is 0 Å². The van der Waals surface area contributed by atoms with E-state index in [0.717, 1.165) is 6.20 Å². The maximum absolute atomic E-state index is 12.6. The van der Waals surface area contributed by atoms with Crippen LogP contribution in [-0.4, -0.2) is 16.1 Å². The zero-order chi connectivity index (χ0) is 11.6. The van der Waals surface area contributed by atoms with Crippen molar-refractivity contribution in [2.45, 2.75) is 13.0 Å². The van der Waals surface area contributed by atoms with Crippen LogP contribution < -0.4 is 5.73 Å². The highest BCUT2D eigenvalue weighted by Gasteiger charge is 2.22. The summed E-state index contributed by atoms with van der Waals surface area (Å²) < 4.78 is 25.5. The molecule has 0 unspecified atom stereocenters. The van der Waals surface area contributed by atoms with Gasteiger partial charge in [0.1, 0.15) is 0 Å². The first-order valence-electron chi connectivity index (χ1n) is 3.87. The number of aromatic nitrogens is 1. The number of alkyl halides is 2. The van der Waals surface area contributed by atoms with E-state index in [2.05, 4.69) is 4.98 Å². The van der Waals surface area contributed by atoms with Gasteiger partial charge in [0, 0.05) is 27.4 Å². The summed E-state index contributed by atoms with van der Waals surface area (Å²) >= 11 is 1.67. The number of carboxylic acid groups (broad SMARTS) is 1. The van der Waals surface area contributed by atoms with Crippen molar-refractivity contribution in [3.8, 4) is 0 Å². The molecule has 0 spiro atoms. The van der Waals surface area contributed by atoms with Gasteiger partial charge >= 0.3 is 5.97 Å². The zero-order valence-electron chi connectivity index (χ0n) is 7.38. The number of rotatable bonds is 3. The number of carboxylic acids is 1. The largest absolute Gasteiger partial charge is 0.477 e. The van der Waals surface area contributed by atoms with E-state index in [1.807, 2.05) is 0 Å². The second kappa shape index (κ2) is 4.79. The molecule has 1 aromatic heterocycles. The first kappa shape index (κ1) is 12.2. The van der Waals surface area contributed by atoms with Gasteiger partial charge in [0.05, 0.1) is 0 Å². The van der Waals surface area contributed by atoms with Crippen LogP contribution in [0.3, 0.4) is 0 Å². The van der Waals surface area contributed by atoms with Crippen LogP contribution in [0.4, 0.5) is 8.78 Å². The Bertz CT molecular complexity index is 398. The second-order valence-corrected chi connectivity index (χ2v) is 3.82. The molecule has 4 nitrogen and oxygen atoms in total. The summed E-state index contributed by atoms with van der Waals surface area (Å²) in [6.45, 7) is -0.273. The number of nitrogens with two attached hydrogens (primary N) is 1. The molecular formula is C8H7F2IN2O2. The fraction of sp³-hybridized carbons (Fsp3) is 0.250. The first-order chi connectivity index (χ1) is 6.99. The number of hydrogen-bond acceptors (Lipinski definition) is 3. The van der Waals surface area contributed by atoms with Gasteiger partial charge in [-0.15, -0.1) is 0 Å². The average Bonchev–Trinajstić information content (AvgIpc) is 2.15. The van der Waals surface area contributed by atoms with Gasteiger partial charge in [0.15, 0.2) is 5.69 Å². The number of halogens is 3. The van der Waals surface area contributed by atoms with Gasteiger partial charge in [-0.3, -0.25) is 0 Å². The van der Waals surface area contributed by atoms with Crippen LogP contribution in [0.2, 0.25) is 0 Å². The number of hydrogen-bond donors (Lipinski definition) is 2. The van der Waals surface area contributed by atoms with Crippen molar-refractivity contribution >= 4 is 28.6 Å². The summed E-state index contributed by atoms with van der Waals surface area (Å²) in [7, 11) is 0. The predicted molar refractivity (Wildman–Crippen MR) is 56.8 cm³/mol. The summed E-state index contributed by atoms with van der Waals surface area (Å²) in [5.74, 6) is -1.35. The van der Waals surface area contributed by atoms with E-state index < -0.39 is 18.1 Å². The van der Waals surface area contributed by atoms with E-state index >= 15 is 0 Å². The van der Waals surface area contributed by atoms with Crippen molar-refractivity contribution in [3.05, 3.63) is 26.6 Å². The van der Waals surface area contributed by atoms with Crippen LogP contribution in [-0.2, 0) is 6.54 Å². The molecule has 0 saturated heterocycles. The van der Waals surface area contributed by atoms with Crippen LogP contribution in [0, 0.1) is 3.57 Å². The molecule has 1 aromatic rings. The van der Waals surface area contributed by atoms with Crippen molar-refractivity contribution in [3.63, 3.8) is 0 Å². The van der Waals surface area contributed by atoms with Gasteiger partial charge in [-0.05, 0) is 22.6 Å². The quantitative estimate of drug-likeness (QED) is 0.830. The fourth-order valence-electron chi connectivity index (χ4n) is 1.17. The number of nitrogens with zero attached hydrogens (tertiary/aromatic N) is 1. The molecule has 7 heteroatoms. The number of aromatic carboxylic acids is 1. The molecule has 0 bridgehead atoms. The molecular weight excluding hydrogens is 321 g/mol. The molecule has 15 heavy (non-hydrogen) atoms. The molecule has 1 rings (SSSR count). The highest BCUT2D eigenvalue weighted by molar-refractivity contribution is 14.1. The van der Waals surface area contributed by atoms with Crippen LogP contribution >= 0.6 is 22.6 Å². The maximum atomic E-state index is 12.6. The van der Waals surface area contributed by atoms with Crippen molar-refractivity contribution in [2.24, 2.45) is 5.73 Å². The van der Waals surface area contributed by atoms with Crippen molar-refractivity contribution < 1.29 is 18.7 Å². The molecule has 0 aliphatic carbocycles. The first-order valence-corrected chi connectivity index (χ1v) is 4.95. The SMILES string of the molecule is NCc1c(C(=O)O)ncc(I)c1C(F)F. The maximum Gasteiger partial charge on any atom is 0.354 e. The Hall–Kier alpha value is -0.830. The van der Waals surface area contributed by atoms with E-state index in [4.69, 9.17) is 10.8 Å². The second-order valence-electron chi connectivity index (χ2n) is 2.66. The molecule has 0 radical (unpaired) electrons. The minimum atomic E-state index is -2.75. The molecule has 0 saturated carbocycles. The molecule has 0 aromatic carbocycles. The summed E-state index contributed by atoms with van der Waals surface area (Å²) in [6.07, 6.45) is -1.65. The average molecular weight is 328 g/mol. The van der Waals surface area contributed by atoms with Gasteiger partial charge in [0.2, 0.25) is 0 Å². The molecule has 0 aliphatic heterocycles. The van der Waals surface area contributed by atoms with Gasteiger partial charge < -0.3 is 10.8 Å². The van der Waals surface area contributed by atoms with E-state index in [9.17, 15) is 13.6 Å². The summed E-state index contributed by atoms with van der Waals surface area (Å²) in [5.41, 5.74) is 4.40. The molecule has 1 heterocycles. The van der Waals surface area contributed by atoms with Gasteiger partial charge in [-0.2, -0.15) is 0 Å². The summed E-state index contributed by atoms with van der Waals surface area (Å²) in [5, 5.41) is 8.73. The van der Waals surface area contributed by atoms with Crippen LogP contribution in [0.25, 0.3) is 0 Å². The van der Waals surface area contributed by atoms with Crippen LogP contribution in [0.1, 0.15) is 28.0 Å². The van der Waals surface area contributed by atoms with Crippen LogP contribution in [0.5, 0.6) is 0 Å². The van der Waals surface area contributed by atoms with E-state index in [1.165, 1.54) is 0 Å². The van der Waals surface area contributed by atoms with E-state index in [-0.39, 0.29) is 21.2 Å². The smallest absolute Gasteiger partial charge is 0.354 e. The van der Waals surface area contributed by atoms with Crippen molar-refractivity contribution in [1.82, 2.24) is 4.98 Å². The topological polar surface area (TPSA) is 76.2 Å². The molecule has 3 N–H and O–H groups in total. The normalized spacial score (nSPS) is 10.7. The third-order valence-electron chi connectivity index (χ3n) is 1.80. The summed E-state index contributed by atoms with van der Waals surface area (Å²) in [6, 6.07) is 0. The monoisotopic (exact) mass is 328 g/mol. The molecule has 0 aliphatic rings. The Morgan fingerprint density at radius 2 is 2.27 bits per heavy atom.